The van der Waals surface area contributed by atoms with E-state index in [1.165, 1.54) is 11.8 Å². The summed E-state index contributed by atoms with van der Waals surface area (Å²) >= 11 is 11.6. The molecule has 1 aliphatic heterocycles. The molecule has 1 aromatic heterocycles. The molecule has 6 rings (SSSR count). The molecule has 2 N–H and O–H groups in total. The van der Waals surface area contributed by atoms with Crippen LogP contribution >= 0.6 is 39.3 Å². The van der Waals surface area contributed by atoms with Crippen molar-refractivity contribution in [3.05, 3.63) is 134 Å². The number of halogens is 2. The van der Waals surface area contributed by atoms with Crippen molar-refractivity contribution in [2.75, 3.05) is 17.7 Å². The van der Waals surface area contributed by atoms with E-state index >= 15 is 0 Å². The van der Waals surface area contributed by atoms with Crippen molar-refractivity contribution < 1.29 is 14.3 Å². The Kier molecular flexibility index (Phi) is 9.91. The largest absolute Gasteiger partial charge is 0.493 e. The Morgan fingerprint density at radius 2 is 1.79 bits per heavy atom. The van der Waals surface area contributed by atoms with Gasteiger partial charge in [0.2, 0.25) is 11.1 Å². The maximum Gasteiger partial charge on any atom is 0.255 e. The van der Waals surface area contributed by atoms with Crippen LogP contribution in [0.2, 0.25) is 5.02 Å². The van der Waals surface area contributed by atoms with Crippen LogP contribution in [-0.4, -0.2) is 27.8 Å². The molecule has 0 bridgehead atoms. The van der Waals surface area contributed by atoms with E-state index in [2.05, 4.69) is 45.6 Å². The number of fused-ring (bicyclic) bond motifs is 1. The summed E-state index contributed by atoms with van der Waals surface area (Å²) in [4.78, 5) is 18.9. The first-order valence-electron chi connectivity index (χ1n) is 14.9. The summed E-state index contributed by atoms with van der Waals surface area (Å²) in [6.07, 6.45) is 0. The van der Waals surface area contributed by atoms with Crippen LogP contribution in [0.5, 0.6) is 11.5 Å². The van der Waals surface area contributed by atoms with Crippen molar-refractivity contribution >= 4 is 56.8 Å². The number of anilines is 2. The number of thioether (sulfide) groups is 1. The fraction of sp³-hybridized carbons (Fsp3) is 0.194. The van der Waals surface area contributed by atoms with Gasteiger partial charge in [-0.05, 0) is 89.3 Å². The summed E-state index contributed by atoms with van der Waals surface area (Å²) in [6, 6.07) is 26.8. The molecule has 11 heteroatoms. The third kappa shape index (κ3) is 7.35. The molecule has 1 atom stereocenters. The highest BCUT2D eigenvalue weighted by Crippen LogP contribution is 2.43. The molecule has 8 nitrogen and oxygen atoms in total. The number of benzene rings is 4. The molecule has 4 aromatic carbocycles. The molecule has 0 fully saturated rings. The number of carbonyl (C=O) groups excluding carboxylic acids is 1. The highest BCUT2D eigenvalue weighted by molar-refractivity contribution is 9.10. The molecule has 1 amide bonds. The first-order chi connectivity index (χ1) is 22.7. The molecule has 240 valence electrons. The molecule has 0 spiro atoms. The number of methoxy groups -OCH3 is 1. The van der Waals surface area contributed by atoms with Gasteiger partial charge in [-0.15, -0.1) is 5.10 Å². The first kappa shape index (κ1) is 32.7. The van der Waals surface area contributed by atoms with Gasteiger partial charge in [-0.2, -0.15) is 4.98 Å². The molecule has 1 aliphatic rings. The number of hydrogen-bond donors (Lipinski definition) is 2. The molecule has 0 saturated heterocycles. The lowest BCUT2D eigenvalue weighted by Gasteiger charge is -2.29. The summed E-state index contributed by atoms with van der Waals surface area (Å²) in [6.45, 7) is 6.28. The molecular formula is C36H33BrClN5O3S. The van der Waals surface area contributed by atoms with Crippen LogP contribution in [0.3, 0.4) is 0 Å². The van der Waals surface area contributed by atoms with Crippen LogP contribution in [-0.2, 0) is 17.2 Å². The zero-order valence-corrected chi connectivity index (χ0v) is 29.5. The van der Waals surface area contributed by atoms with Crippen LogP contribution < -0.4 is 20.1 Å². The summed E-state index contributed by atoms with van der Waals surface area (Å²) in [7, 11) is 1.60. The molecule has 2 heterocycles. The summed E-state index contributed by atoms with van der Waals surface area (Å²) in [5.41, 5.74) is 6.86. The minimum absolute atomic E-state index is 0.258. The monoisotopic (exact) mass is 729 g/mol. The van der Waals surface area contributed by atoms with Crippen molar-refractivity contribution in [2.45, 2.75) is 44.3 Å². The van der Waals surface area contributed by atoms with Gasteiger partial charge in [0.05, 0.1) is 17.2 Å². The number of aryl methyl sites for hydroxylation is 2. The Balaban J connectivity index is 1.38. The van der Waals surface area contributed by atoms with Crippen molar-refractivity contribution in [3.63, 3.8) is 0 Å². The number of nitrogens with zero attached hydrogens (tertiary/aromatic N) is 3. The van der Waals surface area contributed by atoms with Gasteiger partial charge in [-0.25, -0.2) is 4.68 Å². The maximum atomic E-state index is 14.1. The molecular weight excluding hydrogens is 698 g/mol. The van der Waals surface area contributed by atoms with Gasteiger partial charge in [0.1, 0.15) is 12.6 Å². The van der Waals surface area contributed by atoms with E-state index in [1.807, 2.05) is 86.6 Å². The Morgan fingerprint density at radius 1 is 1.02 bits per heavy atom. The number of hydrogen-bond acceptors (Lipinski definition) is 7. The van der Waals surface area contributed by atoms with E-state index in [0.717, 1.165) is 27.8 Å². The van der Waals surface area contributed by atoms with Gasteiger partial charge in [-0.3, -0.25) is 4.79 Å². The number of aromatic nitrogens is 3. The second-order valence-corrected chi connectivity index (χ2v) is 13.4. The summed E-state index contributed by atoms with van der Waals surface area (Å²) < 4.78 is 14.5. The van der Waals surface area contributed by atoms with Crippen LogP contribution in [0.1, 0.15) is 40.8 Å². The predicted molar refractivity (Wildman–Crippen MR) is 192 cm³/mol. The average molecular weight is 731 g/mol. The predicted octanol–water partition coefficient (Wildman–Crippen LogP) is 9.12. The molecule has 0 saturated carbocycles. The molecule has 0 aliphatic carbocycles. The number of nitrogens with one attached hydrogen (secondary N) is 2. The summed E-state index contributed by atoms with van der Waals surface area (Å²) in [5, 5.41) is 12.5. The van der Waals surface area contributed by atoms with E-state index in [1.54, 1.807) is 11.8 Å². The average Bonchev–Trinajstić information content (AvgIpc) is 3.45. The van der Waals surface area contributed by atoms with Gasteiger partial charge in [0, 0.05) is 22.2 Å². The number of ether oxygens (including phenoxy) is 2. The van der Waals surface area contributed by atoms with E-state index in [9.17, 15) is 4.79 Å². The molecule has 0 radical (unpaired) electrons. The standard InChI is InChI=1S/C36H33BrClN5O3S/c1-21-9-7-11-24(15-21)19-46-33-28(37)17-26(18-30(33)45-4)32-31(34(44)40-27-13-8-10-22(2)16-27)23(3)39-35-41-36(42-43(32)35)47-20-25-12-5-6-14-29(25)38/h5-18,32H,19-20H2,1-4H3,(H,40,44)(H,39,41,42). The van der Waals surface area contributed by atoms with Crippen LogP contribution in [0.15, 0.2) is 106 Å². The Bertz CT molecular complexity index is 2000. The summed E-state index contributed by atoms with van der Waals surface area (Å²) in [5.74, 6) is 1.94. The van der Waals surface area contributed by atoms with Crippen molar-refractivity contribution in [3.8, 4) is 11.5 Å². The zero-order chi connectivity index (χ0) is 33.1. The highest BCUT2D eigenvalue weighted by Gasteiger charge is 2.35. The molecule has 5 aromatic rings. The van der Waals surface area contributed by atoms with Gasteiger partial charge in [0.25, 0.3) is 5.91 Å². The van der Waals surface area contributed by atoms with Gasteiger partial charge in [-0.1, -0.05) is 83.5 Å². The van der Waals surface area contributed by atoms with Crippen LogP contribution in [0.4, 0.5) is 11.6 Å². The van der Waals surface area contributed by atoms with Crippen LogP contribution in [0, 0.1) is 13.8 Å². The number of carbonyl (C=O) groups is 1. The minimum Gasteiger partial charge on any atom is -0.493 e. The Morgan fingerprint density at radius 3 is 2.53 bits per heavy atom. The van der Waals surface area contributed by atoms with Gasteiger partial charge < -0.3 is 20.1 Å². The van der Waals surface area contributed by atoms with E-state index in [-0.39, 0.29) is 5.91 Å². The number of rotatable bonds is 10. The SMILES string of the molecule is COc1cc(C2C(C(=O)Nc3cccc(C)c3)=C(C)Nc3nc(SCc4ccccc4Cl)nn32)cc(Br)c1OCc1cccc(C)c1. The second kappa shape index (κ2) is 14.3. The highest BCUT2D eigenvalue weighted by atomic mass is 79.9. The number of allylic oxidation sites excluding steroid dienone is 1. The van der Waals surface area contributed by atoms with E-state index in [4.69, 9.17) is 31.2 Å². The first-order valence-corrected chi connectivity index (χ1v) is 17.1. The quantitative estimate of drug-likeness (QED) is 0.139. The third-order valence-corrected chi connectivity index (χ3v) is 9.55. The smallest absolute Gasteiger partial charge is 0.255 e. The Labute approximate surface area is 291 Å². The second-order valence-electron chi connectivity index (χ2n) is 11.2. The van der Waals surface area contributed by atoms with Crippen LogP contribution in [0.25, 0.3) is 0 Å². The lowest BCUT2D eigenvalue weighted by molar-refractivity contribution is -0.113. The fourth-order valence-electron chi connectivity index (χ4n) is 5.47. The topological polar surface area (TPSA) is 90.3 Å². The maximum absolute atomic E-state index is 14.1. The zero-order valence-electron chi connectivity index (χ0n) is 26.3. The van der Waals surface area contributed by atoms with Crippen molar-refractivity contribution in [1.82, 2.24) is 14.8 Å². The fourth-order valence-corrected chi connectivity index (χ4v) is 7.16. The third-order valence-electron chi connectivity index (χ3n) is 7.70. The number of amides is 1. The van der Waals surface area contributed by atoms with Crippen molar-refractivity contribution in [2.24, 2.45) is 0 Å². The van der Waals surface area contributed by atoms with E-state index in [0.29, 0.717) is 61.4 Å². The Hall–Kier alpha value is -4.25. The van der Waals surface area contributed by atoms with Gasteiger partial charge in [0.15, 0.2) is 11.5 Å². The normalized spacial score (nSPS) is 14.0. The van der Waals surface area contributed by atoms with Gasteiger partial charge >= 0.3 is 0 Å². The molecule has 47 heavy (non-hydrogen) atoms. The van der Waals surface area contributed by atoms with Crippen molar-refractivity contribution in [1.29, 1.82) is 0 Å². The minimum atomic E-state index is -0.630. The lowest BCUT2D eigenvalue weighted by atomic mass is 9.94. The molecule has 1 unspecified atom stereocenters. The lowest BCUT2D eigenvalue weighted by Crippen LogP contribution is -2.31. The van der Waals surface area contributed by atoms with E-state index < -0.39 is 6.04 Å².